The number of ether oxygens (including phenoxy) is 1. The lowest BCUT2D eigenvalue weighted by Gasteiger charge is -2.12. The Morgan fingerprint density at radius 1 is 1.09 bits per heavy atom. The molecule has 0 saturated carbocycles. The van der Waals surface area contributed by atoms with Gasteiger partial charge >= 0.3 is 13.5 Å². The van der Waals surface area contributed by atoms with Crippen LogP contribution < -0.4 is 10.2 Å². The van der Waals surface area contributed by atoms with Crippen molar-refractivity contribution in [3.8, 4) is 16.3 Å². The summed E-state index contributed by atoms with van der Waals surface area (Å²) in [6, 6.07) is 10.7. The first-order chi connectivity index (χ1) is 10.8. The smallest absolute Gasteiger partial charge is 0.423 e. The normalized spacial score (nSPS) is 11.7. The standard InChI is InChI=1S/C14H9BF3NO3S/c16-14(17,18)22-8-5-6-9(10(7-8)15(20)21)13-19-11-3-1-2-4-12(11)23-13/h1-7,20-21H. The monoisotopic (exact) mass is 339 g/mol. The van der Waals surface area contributed by atoms with E-state index in [1.165, 1.54) is 17.4 Å². The lowest BCUT2D eigenvalue weighted by molar-refractivity contribution is -0.274. The maximum atomic E-state index is 12.3. The van der Waals surface area contributed by atoms with Crippen molar-refractivity contribution in [1.29, 1.82) is 0 Å². The maximum Gasteiger partial charge on any atom is 0.573 e. The Hall–Kier alpha value is -2.10. The average Bonchev–Trinajstić information content (AvgIpc) is 2.89. The quantitative estimate of drug-likeness (QED) is 0.720. The highest BCUT2D eigenvalue weighted by atomic mass is 32.1. The van der Waals surface area contributed by atoms with Crippen LogP contribution in [-0.4, -0.2) is 28.5 Å². The Kier molecular flexibility index (Phi) is 4.01. The summed E-state index contributed by atoms with van der Waals surface area (Å²) in [5, 5.41) is 19.4. The van der Waals surface area contributed by atoms with Crippen LogP contribution in [0.2, 0.25) is 0 Å². The SMILES string of the molecule is OB(O)c1cc(OC(F)(F)F)ccc1-c1nc2ccccc2s1. The van der Waals surface area contributed by atoms with E-state index in [1.807, 2.05) is 18.2 Å². The van der Waals surface area contributed by atoms with Gasteiger partial charge in [-0.05, 0) is 35.8 Å². The molecule has 0 aliphatic rings. The Labute approximate surface area is 132 Å². The van der Waals surface area contributed by atoms with Crippen LogP contribution in [0.3, 0.4) is 0 Å². The summed E-state index contributed by atoms with van der Waals surface area (Å²) in [4.78, 5) is 4.36. The third kappa shape index (κ3) is 3.47. The molecule has 3 rings (SSSR count). The summed E-state index contributed by atoms with van der Waals surface area (Å²) < 4.78 is 41.5. The number of aromatic nitrogens is 1. The largest absolute Gasteiger partial charge is 0.573 e. The van der Waals surface area contributed by atoms with Crippen LogP contribution in [0.15, 0.2) is 42.5 Å². The molecule has 1 heterocycles. The minimum absolute atomic E-state index is 0.106. The first kappa shape index (κ1) is 15.8. The van der Waals surface area contributed by atoms with Crippen LogP contribution in [0.4, 0.5) is 13.2 Å². The second-order valence-electron chi connectivity index (χ2n) is 4.66. The van der Waals surface area contributed by atoms with Crippen LogP contribution in [0.5, 0.6) is 5.75 Å². The second kappa shape index (κ2) is 5.84. The fourth-order valence-electron chi connectivity index (χ4n) is 2.13. The second-order valence-corrected chi connectivity index (χ2v) is 5.69. The summed E-state index contributed by atoms with van der Waals surface area (Å²) in [6.45, 7) is 0. The minimum Gasteiger partial charge on any atom is -0.423 e. The van der Waals surface area contributed by atoms with E-state index in [1.54, 1.807) is 6.07 Å². The lowest BCUT2D eigenvalue weighted by atomic mass is 9.77. The molecule has 0 unspecified atom stereocenters. The summed E-state index contributed by atoms with van der Waals surface area (Å²) >= 11 is 1.30. The highest BCUT2D eigenvalue weighted by molar-refractivity contribution is 7.21. The number of hydrogen-bond donors (Lipinski definition) is 2. The molecule has 0 spiro atoms. The molecule has 2 N–H and O–H groups in total. The summed E-state index contributed by atoms with van der Waals surface area (Å²) in [7, 11) is -1.95. The molecule has 1 aromatic heterocycles. The van der Waals surface area contributed by atoms with Crippen molar-refractivity contribution >= 4 is 34.1 Å². The van der Waals surface area contributed by atoms with E-state index in [0.29, 0.717) is 10.6 Å². The van der Waals surface area contributed by atoms with Gasteiger partial charge in [0, 0.05) is 5.56 Å². The molecule has 118 valence electrons. The van der Waals surface area contributed by atoms with Crippen LogP contribution in [-0.2, 0) is 0 Å². The van der Waals surface area contributed by atoms with Crippen LogP contribution in [0.1, 0.15) is 0 Å². The summed E-state index contributed by atoms with van der Waals surface area (Å²) in [5.41, 5.74) is 0.961. The predicted octanol–water partition coefficient (Wildman–Crippen LogP) is 2.54. The Bertz CT molecular complexity index is 818. The van der Waals surface area contributed by atoms with Gasteiger partial charge in [-0.3, -0.25) is 0 Å². The number of thiazole rings is 1. The highest BCUT2D eigenvalue weighted by Crippen LogP contribution is 2.31. The average molecular weight is 339 g/mol. The fourth-order valence-corrected chi connectivity index (χ4v) is 3.15. The van der Waals surface area contributed by atoms with E-state index in [2.05, 4.69) is 9.72 Å². The van der Waals surface area contributed by atoms with Crippen molar-refractivity contribution in [2.75, 3.05) is 0 Å². The van der Waals surface area contributed by atoms with Gasteiger partial charge in [-0.1, -0.05) is 12.1 Å². The third-order valence-corrected chi connectivity index (χ3v) is 4.13. The number of nitrogens with zero attached hydrogens (tertiary/aromatic N) is 1. The van der Waals surface area contributed by atoms with Gasteiger partial charge in [0.05, 0.1) is 10.2 Å². The molecule has 0 fully saturated rings. The van der Waals surface area contributed by atoms with E-state index < -0.39 is 19.2 Å². The molecule has 2 aromatic carbocycles. The molecular formula is C14H9BF3NO3S. The zero-order chi connectivity index (χ0) is 16.6. The van der Waals surface area contributed by atoms with Crippen molar-refractivity contribution in [3.63, 3.8) is 0 Å². The van der Waals surface area contributed by atoms with Gasteiger partial charge < -0.3 is 14.8 Å². The number of para-hydroxylation sites is 1. The van der Waals surface area contributed by atoms with Crippen molar-refractivity contribution in [1.82, 2.24) is 4.98 Å². The van der Waals surface area contributed by atoms with E-state index in [-0.39, 0.29) is 5.46 Å². The van der Waals surface area contributed by atoms with Gasteiger partial charge in [0.1, 0.15) is 10.8 Å². The number of alkyl halides is 3. The van der Waals surface area contributed by atoms with Gasteiger partial charge in [-0.2, -0.15) is 0 Å². The van der Waals surface area contributed by atoms with Gasteiger partial charge in [0.2, 0.25) is 0 Å². The number of fused-ring (bicyclic) bond motifs is 1. The number of hydrogen-bond acceptors (Lipinski definition) is 5. The van der Waals surface area contributed by atoms with Crippen molar-refractivity contribution < 1.29 is 28.0 Å². The Balaban J connectivity index is 2.07. The topological polar surface area (TPSA) is 62.6 Å². The minimum atomic E-state index is -4.85. The van der Waals surface area contributed by atoms with Gasteiger partial charge in [-0.15, -0.1) is 24.5 Å². The van der Waals surface area contributed by atoms with Gasteiger partial charge in [0.15, 0.2) is 0 Å². The maximum absolute atomic E-state index is 12.3. The van der Waals surface area contributed by atoms with Crippen molar-refractivity contribution in [2.45, 2.75) is 6.36 Å². The van der Waals surface area contributed by atoms with E-state index in [9.17, 15) is 23.2 Å². The van der Waals surface area contributed by atoms with Crippen LogP contribution >= 0.6 is 11.3 Å². The van der Waals surface area contributed by atoms with Crippen LogP contribution in [0.25, 0.3) is 20.8 Å². The molecule has 9 heteroatoms. The van der Waals surface area contributed by atoms with Crippen molar-refractivity contribution in [3.05, 3.63) is 42.5 Å². The molecular weight excluding hydrogens is 330 g/mol. The zero-order valence-electron chi connectivity index (χ0n) is 11.4. The summed E-state index contributed by atoms with van der Waals surface area (Å²) in [6.07, 6.45) is -4.85. The molecule has 0 amide bonds. The van der Waals surface area contributed by atoms with E-state index in [0.717, 1.165) is 22.3 Å². The molecule has 0 atom stereocenters. The molecule has 0 aliphatic heterocycles. The van der Waals surface area contributed by atoms with E-state index in [4.69, 9.17) is 0 Å². The Morgan fingerprint density at radius 3 is 2.48 bits per heavy atom. The number of rotatable bonds is 3. The molecule has 23 heavy (non-hydrogen) atoms. The molecule has 0 aliphatic carbocycles. The Morgan fingerprint density at radius 2 is 1.83 bits per heavy atom. The first-order valence-corrected chi connectivity index (χ1v) is 7.27. The molecule has 3 aromatic rings. The number of benzene rings is 2. The van der Waals surface area contributed by atoms with Crippen LogP contribution in [0, 0.1) is 0 Å². The number of halogens is 3. The molecule has 4 nitrogen and oxygen atoms in total. The lowest BCUT2D eigenvalue weighted by Crippen LogP contribution is -2.32. The van der Waals surface area contributed by atoms with E-state index >= 15 is 0 Å². The predicted molar refractivity (Wildman–Crippen MR) is 81.6 cm³/mol. The zero-order valence-corrected chi connectivity index (χ0v) is 12.2. The molecule has 0 bridgehead atoms. The van der Waals surface area contributed by atoms with Gasteiger partial charge in [0.25, 0.3) is 0 Å². The van der Waals surface area contributed by atoms with Crippen molar-refractivity contribution in [2.24, 2.45) is 0 Å². The fraction of sp³-hybridized carbons (Fsp3) is 0.0714. The highest BCUT2D eigenvalue weighted by Gasteiger charge is 2.32. The molecule has 0 radical (unpaired) electrons. The molecule has 0 saturated heterocycles. The summed E-state index contributed by atoms with van der Waals surface area (Å²) in [5.74, 6) is -0.523. The van der Waals surface area contributed by atoms with Gasteiger partial charge in [-0.25, -0.2) is 4.98 Å². The third-order valence-electron chi connectivity index (χ3n) is 3.06. The first-order valence-electron chi connectivity index (χ1n) is 6.45.